The van der Waals surface area contributed by atoms with Gasteiger partial charge < -0.3 is 5.32 Å². The lowest BCUT2D eigenvalue weighted by atomic mass is 9.88. The quantitative estimate of drug-likeness (QED) is 0.846. The van der Waals surface area contributed by atoms with Crippen LogP contribution in [0, 0.1) is 11.2 Å². The van der Waals surface area contributed by atoms with Gasteiger partial charge in [-0.15, -0.1) is 0 Å². The van der Waals surface area contributed by atoms with Crippen molar-refractivity contribution in [1.82, 2.24) is 5.32 Å². The van der Waals surface area contributed by atoms with E-state index in [4.69, 9.17) is 11.6 Å². The van der Waals surface area contributed by atoms with Gasteiger partial charge in [0.1, 0.15) is 5.82 Å². The molecule has 0 saturated carbocycles. The van der Waals surface area contributed by atoms with Crippen molar-refractivity contribution in [2.75, 3.05) is 0 Å². The molecule has 1 atom stereocenters. The Morgan fingerprint density at radius 2 is 2.00 bits per heavy atom. The third-order valence-electron chi connectivity index (χ3n) is 2.90. The van der Waals surface area contributed by atoms with Crippen molar-refractivity contribution in [1.29, 1.82) is 0 Å². The Labute approximate surface area is 102 Å². The van der Waals surface area contributed by atoms with E-state index in [2.05, 4.69) is 33.0 Å². The fourth-order valence-corrected chi connectivity index (χ4v) is 1.43. The second-order valence-corrected chi connectivity index (χ2v) is 5.62. The van der Waals surface area contributed by atoms with Crippen LogP contribution in [0.2, 0.25) is 5.02 Å². The molecule has 1 rings (SSSR count). The van der Waals surface area contributed by atoms with Gasteiger partial charge in [-0.25, -0.2) is 4.39 Å². The molecular formula is C13H19ClFN. The van der Waals surface area contributed by atoms with Crippen LogP contribution in [0.25, 0.3) is 0 Å². The summed E-state index contributed by atoms with van der Waals surface area (Å²) in [5.74, 6) is -0.366. The average Bonchev–Trinajstić information content (AvgIpc) is 2.18. The monoisotopic (exact) mass is 243 g/mol. The standard InChI is InChI=1S/C13H19ClFN/c1-9(13(2,3)4)16-8-10-5-6-12(15)11(14)7-10/h5-7,9,16H,8H2,1-4H3. The normalized spacial score (nSPS) is 13.9. The van der Waals surface area contributed by atoms with Crippen LogP contribution in [0.1, 0.15) is 33.3 Å². The van der Waals surface area contributed by atoms with Gasteiger partial charge in [0.25, 0.3) is 0 Å². The van der Waals surface area contributed by atoms with Crippen molar-refractivity contribution < 1.29 is 4.39 Å². The Balaban J connectivity index is 2.58. The van der Waals surface area contributed by atoms with Crippen LogP contribution in [0.3, 0.4) is 0 Å². The lowest BCUT2D eigenvalue weighted by Gasteiger charge is -2.28. The Morgan fingerprint density at radius 1 is 1.38 bits per heavy atom. The molecule has 0 saturated heterocycles. The van der Waals surface area contributed by atoms with Gasteiger partial charge in [-0.2, -0.15) is 0 Å². The molecule has 1 nitrogen and oxygen atoms in total. The summed E-state index contributed by atoms with van der Waals surface area (Å²) in [5, 5.41) is 3.59. The summed E-state index contributed by atoms with van der Waals surface area (Å²) in [5.41, 5.74) is 1.21. The molecule has 1 N–H and O–H groups in total. The lowest BCUT2D eigenvalue weighted by molar-refractivity contribution is 0.285. The van der Waals surface area contributed by atoms with Crippen molar-refractivity contribution in [3.05, 3.63) is 34.6 Å². The van der Waals surface area contributed by atoms with E-state index in [0.29, 0.717) is 12.6 Å². The largest absolute Gasteiger partial charge is 0.310 e. The lowest BCUT2D eigenvalue weighted by Crippen LogP contribution is -2.37. The van der Waals surface area contributed by atoms with Gasteiger partial charge in [0.15, 0.2) is 0 Å². The molecule has 90 valence electrons. The van der Waals surface area contributed by atoms with Crippen LogP contribution >= 0.6 is 11.6 Å². The second kappa shape index (κ2) is 5.15. The third kappa shape index (κ3) is 3.76. The third-order valence-corrected chi connectivity index (χ3v) is 3.19. The maximum Gasteiger partial charge on any atom is 0.141 e. The van der Waals surface area contributed by atoms with Gasteiger partial charge >= 0.3 is 0 Å². The predicted octanol–water partition coefficient (Wildman–Crippen LogP) is 4.00. The minimum Gasteiger partial charge on any atom is -0.310 e. The first kappa shape index (κ1) is 13.5. The number of halogens is 2. The van der Waals surface area contributed by atoms with Crippen molar-refractivity contribution in [3.63, 3.8) is 0 Å². The zero-order valence-electron chi connectivity index (χ0n) is 10.3. The first-order valence-corrected chi connectivity index (χ1v) is 5.86. The summed E-state index contributed by atoms with van der Waals surface area (Å²) >= 11 is 5.72. The average molecular weight is 244 g/mol. The van der Waals surface area contributed by atoms with E-state index in [1.165, 1.54) is 6.07 Å². The Morgan fingerprint density at radius 3 is 2.50 bits per heavy atom. The molecule has 1 aromatic carbocycles. The van der Waals surface area contributed by atoms with Gasteiger partial charge in [-0.1, -0.05) is 38.4 Å². The minimum absolute atomic E-state index is 0.183. The van der Waals surface area contributed by atoms with E-state index in [1.807, 2.05) is 0 Å². The summed E-state index contributed by atoms with van der Waals surface area (Å²) in [7, 11) is 0. The molecule has 0 aliphatic heterocycles. The van der Waals surface area contributed by atoms with Crippen LogP contribution < -0.4 is 5.32 Å². The van der Waals surface area contributed by atoms with E-state index >= 15 is 0 Å². The number of benzene rings is 1. The van der Waals surface area contributed by atoms with Crippen LogP contribution in [0.4, 0.5) is 4.39 Å². The highest BCUT2D eigenvalue weighted by Crippen LogP contribution is 2.20. The Bertz CT molecular complexity index is 357. The SMILES string of the molecule is CC(NCc1ccc(F)c(Cl)c1)C(C)(C)C. The molecule has 0 amide bonds. The highest BCUT2D eigenvalue weighted by atomic mass is 35.5. The van der Waals surface area contributed by atoms with E-state index in [0.717, 1.165) is 5.56 Å². The van der Waals surface area contributed by atoms with E-state index in [9.17, 15) is 4.39 Å². The van der Waals surface area contributed by atoms with Gasteiger partial charge in [0, 0.05) is 12.6 Å². The minimum atomic E-state index is -0.366. The number of nitrogens with one attached hydrogen (secondary N) is 1. The van der Waals surface area contributed by atoms with Crippen molar-refractivity contribution >= 4 is 11.6 Å². The van der Waals surface area contributed by atoms with Crippen LogP contribution in [-0.2, 0) is 6.54 Å². The van der Waals surface area contributed by atoms with Crippen LogP contribution in [-0.4, -0.2) is 6.04 Å². The molecule has 0 radical (unpaired) electrons. The molecule has 1 aromatic rings. The summed E-state index contributed by atoms with van der Waals surface area (Å²) in [4.78, 5) is 0. The summed E-state index contributed by atoms with van der Waals surface area (Å²) < 4.78 is 12.9. The zero-order valence-corrected chi connectivity index (χ0v) is 11.0. The highest BCUT2D eigenvalue weighted by molar-refractivity contribution is 6.30. The first-order chi connectivity index (χ1) is 7.30. The predicted molar refractivity (Wildman–Crippen MR) is 67.2 cm³/mol. The van der Waals surface area contributed by atoms with Crippen molar-refractivity contribution in [2.24, 2.45) is 5.41 Å². The van der Waals surface area contributed by atoms with Gasteiger partial charge in [0.2, 0.25) is 0 Å². The summed E-state index contributed by atoms with van der Waals surface area (Å²) in [6, 6.07) is 5.21. The summed E-state index contributed by atoms with van der Waals surface area (Å²) in [6.45, 7) is 9.40. The maximum atomic E-state index is 12.9. The molecule has 0 spiro atoms. The molecular weight excluding hydrogens is 225 g/mol. The van der Waals surface area contributed by atoms with E-state index in [1.54, 1.807) is 12.1 Å². The molecule has 0 aliphatic rings. The smallest absolute Gasteiger partial charge is 0.141 e. The van der Waals surface area contributed by atoms with Gasteiger partial charge in [0.05, 0.1) is 5.02 Å². The Hall–Kier alpha value is -0.600. The van der Waals surface area contributed by atoms with Crippen molar-refractivity contribution in [3.8, 4) is 0 Å². The number of rotatable bonds is 3. The molecule has 0 heterocycles. The summed E-state index contributed by atoms with van der Waals surface area (Å²) in [6.07, 6.45) is 0. The number of hydrogen-bond donors (Lipinski definition) is 1. The van der Waals surface area contributed by atoms with Crippen molar-refractivity contribution in [2.45, 2.75) is 40.3 Å². The maximum absolute atomic E-state index is 12.9. The molecule has 16 heavy (non-hydrogen) atoms. The molecule has 1 unspecified atom stereocenters. The topological polar surface area (TPSA) is 12.0 Å². The molecule has 0 aromatic heterocycles. The van der Waals surface area contributed by atoms with Crippen LogP contribution in [0.15, 0.2) is 18.2 Å². The van der Waals surface area contributed by atoms with E-state index in [-0.39, 0.29) is 16.3 Å². The Kier molecular flexibility index (Phi) is 4.34. The van der Waals surface area contributed by atoms with Crippen LogP contribution in [0.5, 0.6) is 0 Å². The molecule has 3 heteroatoms. The highest BCUT2D eigenvalue weighted by Gasteiger charge is 2.18. The van der Waals surface area contributed by atoms with Gasteiger partial charge in [-0.3, -0.25) is 0 Å². The molecule has 0 fully saturated rings. The fraction of sp³-hybridized carbons (Fsp3) is 0.538. The fourth-order valence-electron chi connectivity index (χ4n) is 1.23. The number of hydrogen-bond acceptors (Lipinski definition) is 1. The van der Waals surface area contributed by atoms with E-state index < -0.39 is 0 Å². The second-order valence-electron chi connectivity index (χ2n) is 5.22. The van der Waals surface area contributed by atoms with Gasteiger partial charge in [-0.05, 0) is 30.0 Å². The molecule has 0 bridgehead atoms. The molecule has 0 aliphatic carbocycles. The zero-order chi connectivity index (χ0) is 12.3. The first-order valence-electron chi connectivity index (χ1n) is 5.48.